The average Bonchev–Trinajstić information content (AvgIpc) is 2.29. The first kappa shape index (κ1) is 11.2. The van der Waals surface area contributed by atoms with E-state index < -0.39 is 0 Å². The Morgan fingerprint density at radius 3 is 2.40 bits per heavy atom. The summed E-state index contributed by atoms with van der Waals surface area (Å²) >= 11 is 0. The lowest BCUT2D eigenvalue weighted by Gasteiger charge is -1.87. The van der Waals surface area contributed by atoms with Crippen molar-refractivity contribution >= 4 is 12.4 Å². The third-order valence-corrected chi connectivity index (χ3v) is 1.69. The molecule has 0 spiro atoms. The van der Waals surface area contributed by atoms with E-state index in [1.807, 2.05) is 30.3 Å². The molecule has 0 bridgehead atoms. The van der Waals surface area contributed by atoms with Gasteiger partial charge in [0.25, 0.3) is 0 Å². The molecule has 2 nitrogen and oxygen atoms in total. The Bertz CT molecular complexity index is 414. The van der Waals surface area contributed by atoms with Gasteiger partial charge in [-0.25, -0.2) is 9.97 Å². The molecule has 74 valence electrons. The summed E-state index contributed by atoms with van der Waals surface area (Å²) in [5.41, 5.74) is 1.73. The summed E-state index contributed by atoms with van der Waals surface area (Å²) in [6, 6.07) is 11.6. The maximum absolute atomic E-state index is 4.01. The van der Waals surface area contributed by atoms with Crippen LogP contribution in [-0.2, 0) is 0 Å². The summed E-state index contributed by atoms with van der Waals surface area (Å²) in [5, 5.41) is 0. The van der Waals surface area contributed by atoms with Gasteiger partial charge < -0.3 is 0 Å². The molecule has 0 unspecified atom stereocenters. The molecule has 0 amide bonds. The van der Waals surface area contributed by atoms with Crippen molar-refractivity contribution in [2.45, 2.75) is 0 Å². The Balaban J connectivity index is 0.00000112. The standard InChI is InChI=1S/C12H8N2.ClH/c1-2-4-11(5-3-1)6-7-12-8-9-13-10-14-12;/h1-5,8-10H;1H. The van der Waals surface area contributed by atoms with Crippen LogP contribution in [0.1, 0.15) is 11.3 Å². The van der Waals surface area contributed by atoms with E-state index in [0.717, 1.165) is 11.3 Å². The highest BCUT2D eigenvalue weighted by Crippen LogP contribution is 1.96. The Kier molecular flexibility index (Phi) is 4.33. The number of rotatable bonds is 0. The SMILES string of the molecule is C(#Cc1ccncn1)c1ccccc1.Cl. The van der Waals surface area contributed by atoms with Gasteiger partial charge in [0.05, 0.1) is 0 Å². The zero-order valence-corrected chi connectivity index (χ0v) is 8.74. The van der Waals surface area contributed by atoms with Crippen molar-refractivity contribution in [3.63, 3.8) is 0 Å². The lowest BCUT2D eigenvalue weighted by Crippen LogP contribution is -1.81. The van der Waals surface area contributed by atoms with Crippen LogP contribution in [0, 0.1) is 11.8 Å². The van der Waals surface area contributed by atoms with Crippen molar-refractivity contribution in [2.24, 2.45) is 0 Å². The van der Waals surface area contributed by atoms with E-state index in [4.69, 9.17) is 0 Å². The number of halogens is 1. The summed E-state index contributed by atoms with van der Waals surface area (Å²) < 4.78 is 0. The number of aromatic nitrogens is 2. The quantitative estimate of drug-likeness (QED) is 0.632. The summed E-state index contributed by atoms with van der Waals surface area (Å²) in [4.78, 5) is 7.83. The summed E-state index contributed by atoms with van der Waals surface area (Å²) in [5.74, 6) is 5.98. The smallest absolute Gasteiger partial charge is 0.116 e. The van der Waals surface area contributed by atoms with Crippen molar-refractivity contribution in [2.75, 3.05) is 0 Å². The first-order valence-corrected chi connectivity index (χ1v) is 4.28. The predicted molar refractivity (Wildman–Crippen MR) is 61.7 cm³/mol. The molecular formula is C12H9ClN2. The highest BCUT2D eigenvalue weighted by Gasteiger charge is 1.84. The van der Waals surface area contributed by atoms with Gasteiger partial charge in [-0.1, -0.05) is 24.1 Å². The minimum absolute atomic E-state index is 0. The molecule has 0 radical (unpaired) electrons. The van der Waals surface area contributed by atoms with E-state index in [-0.39, 0.29) is 12.4 Å². The van der Waals surface area contributed by atoms with Gasteiger partial charge in [0.15, 0.2) is 0 Å². The largest absolute Gasteiger partial charge is 0.245 e. The zero-order valence-electron chi connectivity index (χ0n) is 7.92. The van der Waals surface area contributed by atoms with Gasteiger partial charge in [-0.2, -0.15) is 0 Å². The predicted octanol–water partition coefficient (Wildman–Crippen LogP) is 2.30. The Morgan fingerprint density at radius 2 is 1.73 bits per heavy atom. The molecule has 1 aromatic carbocycles. The van der Waals surface area contributed by atoms with Crippen LogP contribution in [0.3, 0.4) is 0 Å². The topological polar surface area (TPSA) is 25.8 Å². The Hall–Kier alpha value is -1.85. The van der Waals surface area contributed by atoms with E-state index in [9.17, 15) is 0 Å². The number of nitrogens with zero attached hydrogens (tertiary/aromatic N) is 2. The highest BCUT2D eigenvalue weighted by atomic mass is 35.5. The van der Waals surface area contributed by atoms with E-state index in [0.29, 0.717) is 0 Å². The molecule has 1 aromatic heterocycles. The third-order valence-electron chi connectivity index (χ3n) is 1.69. The molecule has 0 fully saturated rings. The Labute approximate surface area is 94.8 Å². The number of benzene rings is 1. The lowest BCUT2D eigenvalue weighted by atomic mass is 10.2. The normalized spacial score (nSPS) is 8.27. The average molecular weight is 217 g/mol. The van der Waals surface area contributed by atoms with Crippen molar-refractivity contribution in [1.29, 1.82) is 0 Å². The summed E-state index contributed by atoms with van der Waals surface area (Å²) in [7, 11) is 0. The number of hydrogen-bond donors (Lipinski definition) is 0. The molecule has 3 heteroatoms. The molecule has 2 rings (SSSR count). The minimum atomic E-state index is 0. The third kappa shape index (κ3) is 3.41. The second-order valence-electron chi connectivity index (χ2n) is 2.71. The van der Waals surface area contributed by atoms with Gasteiger partial charge in [-0.15, -0.1) is 12.4 Å². The molecule has 0 saturated carbocycles. The highest BCUT2D eigenvalue weighted by molar-refractivity contribution is 5.85. The first-order valence-electron chi connectivity index (χ1n) is 4.28. The van der Waals surface area contributed by atoms with Gasteiger partial charge >= 0.3 is 0 Å². The molecule has 0 atom stereocenters. The van der Waals surface area contributed by atoms with E-state index in [1.165, 1.54) is 6.33 Å². The number of hydrogen-bond acceptors (Lipinski definition) is 2. The fourth-order valence-corrected chi connectivity index (χ4v) is 1.02. The zero-order chi connectivity index (χ0) is 9.64. The molecule has 0 N–H and O–H groups in total. The van der Waals surface area contributed by atoms with Crippen LogP contribution in [0.15, 0.2) is 48.9 Å². The van der Waals surface area contributed by atoms with Crippen molar-refractivity contribution in [1.82, 2.24) is 9.97 Å². The van der Waals surface area contributed by atoms with E-state index in [2.05, 4.69) is 21.8 Å². The monoisotopic (exact) mass is 216 g/mol. The van der Waals surface area contributed by atoms with Crippen molar-refractivity contribution in [3.8, 4) is 11.8 Å². The van der Waals surface area contributed by atoms with Gasteiger partial charge in [0.2, 0.25) is 0 Å². The molecule has 2 aromatic rings. The van der Waals surface area contributed by atoms with E-state index in [1.54, 1.807) is 12.3 Å². The van der Waals surface area contributed by atoms with Crippen LogP contribution in [-0.4, -0.2) is 9.97 Å². The fraction of sp³-hybridized carbons (Fsp3) is 0. The molecule has 0 saturated heterocycles. The first-order chi connectivity index (χ1) is 6.95. The molecule has 0 aliphatic rings. The molecule has 15 heavy (non-hydrogen) atoms. The Morgan fingerprint density at radius 1 is 0.933 bits per heavy atom. The van der Waals surface area contributed by atoms with Crippen molar-refractivity contribution < 1.29 is 0 Å². The molecular weight excluding hydrogens is 208 g/mol. The van der Waals surface area contributed by atoms with Gasteiger partial charge in [-0.05, 0) is 24.1 Å². The van der Waals surface area contributed by atoms with Gasteiger partial charge in [0.1, 0.15) is 12.0 Å². The maximum atomic E-state index is 4.01. The lowest BCUT2D eigenvalue weighted by molar-refractivity contribution is 1.15. The van der Waals surface area contributed by atoms with Gasteiger partial charge in [0, 0.05) is 11.8 Å². The molecule has 1 heterocycles. The van der Waals surface area contributed by atoms with Crippen molar-refractivity contribution in [3.05, 3.63) is 60.2 Å². The maximum Gasteiger partial charge on any atom is 0.116 e. The van der Waals surface area contributed by atoms with Crippen LogP contribution >= 0.6 is 12.4 Å². The van der Waals surface area contributed by atoms with Gasteiger partial charge in [-0.3, -0.25) is 0 Å². The second kappa shape index (κ2) is 5.79. The van der Waals surface area contributed by atoms with Crippen LogP contribution < -0.4 is 0 Å². The summed E-state index contributed by atoms with van der Waals surface area (Å²) in [6.07, 6.45) is 3.18. The van der Waals surface area contributed by atoms with Crippen LogP contribution in [0.25, 0.3) is 0 Å². The molecule has 0 aliphatic heterocycles. The minimum Gasteiger partial charge on any atom is -0.245 e. The molecule has 0 aliphatic carbocycles. The fourth-order valence-electron chi connectivity index (χ4n) is 1.02. The second-order valence-corrected chi connectivity index (χ2v) is 2.71. The van der Waals surface area contributed by atoms with E-state index >= 15 is 0 Å². The van der Waals surface area contributed by atoms with Crippen LogP contribution in [0.5, 0.6) is 0 Å². The summed E-state index contributed by atoms with van der Waals surface area (Å²) in [6.45, 7) is 0. The van der Waals surface area contributed by atoms with Crippen LogP contribution in [0.4, 0.5) is 0 Å². The van der Waals surface area contributed by atoms with Crippen LogP contribution in [0.2, 0.25) is 0 Å².